The highest BCUT2D eigenvalue weighted by molar-refractivity contribution is 6.39. The summed E-state index contributed by atoms with van der Waals surface area (Å²) in [5, 5.41) is 5.88. The van der Waals surface area contributed by atoms with Gasteiger partial charge in [0.25, 0.3) is 11.4 Å². The topological polar surface area (TPSA) is 123 Å². The molecule has 2 amide bonds. The zero-order valence-electron chi connectivity index (χ0n) is 24.0. The lowest BCUT2D eigenvalue weighted by Gasteiger charge is -2.15. The Hall–Kier alpha value is -4.99. The summed E-state index contributed by atoms with van der Waals surface area (Å²) < 4.78 is 6.87. The predicted molar refractivity (Wildman–Crippen MR) is 173 cm³/mol. The van der Waals surface area contributed by atoms with Crippen LogP contribution in [-0.4, -0.2) is 33.7 Å². The van der Waals surface area contributed by atoms with Gasteiger partial charge in [-0.25, -0.2) is 4.98 Å². The molecule has 228 valence electrons. The van der Waals surface area contributed by atoms with E-state index in [0.29, 0.717) is 34.1 Å². The maximum atomic E-state index is 13.5. The normalized spacial score (nSPS) is 10.8. The number of carbonyl (C=O) groups is 3. The van der Waals surface area contributed by atoms with Crippen LogP contribution in [-0.2, 0) is 29.0 Å². The second-order valence-electron chi connectivity index (χ2n) is 10.2. The second kappa shape index (κ2) is 14.7. The number of benzene rings is 3. The third-order valence-corrected chi connectivity index (χ3v) is 7.58. The van der Waals surface area contributed by atoms with Crippen molar-refractivity contribution in [1.82, 2.24) is 14.9 Å². The molecule has 9 nitrogen and oxygen atoms in total. The van der Waals surface area contributed by atoms with Gasteiger partial charge in [0.2, 0.25) is 17.6 Å². The van der Waals surface area contributed by atoms with Crippen molar-refractivity contribution in [2.75, 3.05) is 11.9 Å². The number of pyridine rings is 1. The Bertz CT molecular complexity index is 1870. The van der Waals surface area contributed by atoms with Crippen LogP contribution in [0.5, 0.6) is 0 Å². The van der Waals surface area contributed by atoms with Crippen molar-refractivity contribution < 1.29 is 18.8 Å². The summed E-state index contributed by atoms with van der Waals surface area (Å²) in [7, 11) is 0. The van der Waals surface area contributed by atoms with Gasteiger partial charge in [-0.3, -0.25) is 19.2 Å². The van der Waals surface area contributed by atoms with Gasteiger partial charge >= 0.3 is 0 Å². The number of anilines is 1. The molecule has 0 aliphatic heterocycles. The standard InChI is InChI=1S/C34H28Cl2N4O5/c35-25-12-7-13-26(36)32(25)29-20-38-33(45-29)28(41)19-37-31(43)21-40-24(18-23-10-5-2-6-11-23)15-16-27(34(40)44)39-30(42)17-14-22-8-3-1-4-9-22/h1-13,15-16,20H,14,17-19,21H2,(H,37,43)(H,39,42). The van der Waals surface area contributed by atoms with Gasteiger partial charge < -0.3 is 19.6 Å². The molecular formula is C34H28Cl2N4O5. The first kappa shape index (κ1) is 31.4. The fraction of sp³-hybridized carbons (Fsp3) is 0.147. The van der Waals surface area contributed by atoms with Crippen LogP contribution >= 0.6 is 23.2 Å². The smallest absolute Gasteiger partial charge is 0.275 e. The molecule has 2 heterocycles. The zero-order chi connectivity index (χ0) is 31.8. The van der Waals surface area contributed by atoms with Crippen LogP contribution in [0.25, 0.3) is 11.3 Å². The van der Waals surface area contributed by atoms with E-state index in [1.165, 1.54) is 10.8 Å². The minimum atomic E-state index is -0.590. The third kappa shape index (κ3) is 8.14. The number of ketones is 1. The summed E-state index contributed by atoms with van der Waals surface area (Å²) in [6.45, 7) is -0.804. The van der Waals surface area contributed by atoms with E-state index in [9.17, 15) is 19.2 Å². The zero-order valence-corrected chi connectivity index (χ0v) is 25.5. The lowest BCUT2D eigenvalue weighted by Crippen LogP contribution is -2.37. The summed E-state index contributed by atoms with van der Waals surface area (Å²) in [6.07, 6.45) is 2.40. The van der Waals surface area contributed by atoms with Crippen LogP contribution in [0.4, 0.5) is 5.69 Å². The van der Waals surface area contributed by atoms with Gasteiger partial charge in [0.15, 0.2) is 5.76 Å². The minimum Gasteiger partial charge on any atom is -0.434 e. The van der Waals surface area contributed by atoms with E-state index in [1.54, 1.807) is 30.3 Å². The fourth-order valence-electron chi connectivity index (χ4n) is 4.67. The van der Waals surface area contributed by atoms with Crippen molar-refractivity contribution in [3.63, 3.8) is 0 Å². The molecule has 5 rings (SSSR count). The van der Waals surface area contributed by atoms with Gasteiger partial charge in [-0.15, -0.1) is 0 Å². The molecule has 0 atom stereocenters. The number of aromatic nitrogens is 2. The van der Waals surface area contributed by atoms with E-state index in [1.807, 2.05) is 60.7 Å². The molecule has 2 aromatic heterocycles. The van der Waals surface area contributed by atoms with E-state index in [-0.39, 0.29) is 36.2 Å². The molecule has 2 N–H and O–H groups in total. The number of nitrogens with zero attached hydrogens (tertiary/aromatic N) is 2. The minimum absolute atomic E-state index is 0.0549. The van der Waals surface area contributed by atoms with Crippen LogP contribution in [0.2, 0.25) is 10.0 Å². The molecule has 0 radical (unpaired) electrons. The SMILES string of the molecule is O=C(Cn1c(Cc2ccccc2)ccc(NC(=O)CCc2ccccc2)c1=O)NCC(=O)c1ncc(-c2c(Cl)cccc2Cl)o1. The number of aryl methyl sites for hydroxylation is 1. The van der Waals surface area contributed by atoms with Crippen LogP contribution in [0, 0.1) is 0 Å². The molecule has 0 bridgehead atoms. The van der Waals surface area contributed by atoms with Crippen LogP contribution < -0.4 is 16.2 Å². The Balaban J connectivity index is 1.28. The molecule has 0 aliphatic carbocycles. The Labute approximate surface area is 268 Å². The first-order valence-corrected chi connectivity index (χ1v) is 14.8. The summed E-state index contributed by atoms with van der Waals surface area (Å²) >= 11 is 12.4. The molecule has 11 heteroatoms. The molecule has 0 aliphatic rings. The number of amides is 2. The molecule has 0 spiro atoms. The van der Waals surface area contributed by atoms with Crippen LogP contribution in [0.1, 0.15) is 33.9 Å². The summed E-state index contributed by atoms with van der Waals surface area (Å²) in [4.78, 5) is 56.0. The van der Waals surface area contributed by atoms with Crippen molar-refractivity contribution >= 4 is 46.5 Å². The lowest BCUT2D eigenvalue weighted by atomic mass is 10.1. The second-order valence-corrected chi connectivity index (χ2v) is 11.0. The third-order valence-electron chi connectivity index (χ3n) is 6.95. The summed E-state index contributed by atoms with van der Waals surface area (Å²) in [6, 6.07) is 27.2. The van der Waals surface area contributed by atoms with Crippen molar-refractivity contribution in [3.8, 4) is 11.3 Å². The molecule has 45 heavy (non-hydrogen) atoms. The number of halogens is 2. The first-order chi connectivity index (χ1) is 21.8. The average Bonchev–Trinajstić information content (AvgIpc) is 3.53. The molecule has 0 unspecified atom stereocenters. The first-order valence-electron chi connectivity index (χ1n) is 14.1. The number of Topliss-reactive ketones (excluding diaryl/α,β-unsaturated/α-hetero) is 1. The Morgan fingerprint density at radius 3 is 2.16 bits per heavy atom. The maximum absolute atomic E-state index is 13.5. The Kier molecular flexibility index (Phi) is 10.2. The number of oxazole rings is 1. The molecule has 0 saturated heterocycles. The van der Waals surface area contributed by atoms with Gasteiger partial charge in [-0.1, -0.05) is 89.9 Å². The van der Waals surface area contributed by atoms with Crippen molar-refractivity contribution in [1.29, 1.82) is 0 Å². The quantitative estimate of drug-likeness (QED) is 0.162. The van der Waals surface area contributed by atoms with Crippen LogP contribution in [0.3, 0.4) is 0 Å². The van der Waals surface area contributed by atoms with Gasteiger partial charge in [0.1, 0.15) is 12.2 Å². The van der Waals surface area contributed by atoms with Gasteiger partial charge in [-0.05, 0) is 41.8 Å². The largest absolute Gasteiger partial charge is 0.434 e. The highest BCUT2D eigenvalue weighted by Crippen LogP contribution is 2.34. The molecule has 5 aromatic rings. The maximum Gasteiger partial charge on any atom is 0.275 e. The monoisotopic (exact) mass is 642 g/mol. The molecule has 0 fully saturated rings. The van der Waals surface area contributed by atoms with E-state index >= 15 is 0 Å². The number of hydrogen-bond donors (Lipinski definition) is 2. The van der Waals surface area contributed by atoms with Crippen molar-refractivity contribution in [2.24, 2.45) is 0 Å². The highest BCUT2D eigenvalue weighted by Gasteiger charge is 2.20. The number of hydrogen-bond acceptors (Lipinski definition) is 6. The van der Waals surface area contributed by atoms with Crippen molar-refractivity contribution in [2.45, 2.75) is 25.8 Å². The Morgan fingerprint density at radius 2 is 1.47 bits per heavy atom. The average molecular weight is 644 g/mol. The molecular weight excluding hydrogens is 615 g/mol. The van der Waals surface area contributed by atoms with E-state index in [4.69, 9.17) is 27.6 Å². The van der Waals surface area contributed by atoms with Crippen LogP contribution in [0.15, 0.2) is 106 Å². The number of nitrogens with one attached hydrogen (secondary N) is 2. The summed E-state index contributed by atoms with van der Waals surface area (Å²) in [5.41, 5.74) is 2.41. The number of carbonyl (C=O) groups excluding carboxylic acids is 3. The van der Waals surface area contributed by atoms with Crippen molar-refractivity contribution in [3.05, 3.63) is 140 Å². The van der Waals surface area contributed by atoms with Gasteiger partial charge in [0, 0.05) is 18.5 Å². The van der Waals surface area contributed by atoms with E-state index < -0.39 is 23.8 Å². The lowest BCUT2D eigenvalue weighted by molar-refractivity contribution is -0.121. The van der Waals surface area contributed by atoms with E-state index in [2.05, 4.69) is 15.6 Å². The van der Waals surface area contributed by atoms with Gasteiger partial charge in [0.05, 0.1) is 28.4 Å². The predicted octanol–water partition coefficient (Wildman–Crippen LogP) is 5.97. The Morgan fingerprint density at radius 1 is 0.800 bits per heavy atom. The molecule has 3 aromatic carbocycles. The fourth-order valence-corrected chi connectivity index (χ4v) is 5.25. The molecule has 0 saturated carbocycles. The van der Waals surface area contributed by atoms with E-state index in [0.717, 1.165) is 11.1 Å². The summed E-state index contributed by atoms with van der Waals surface area (Å²) in [5.74, 6) is -1.53. The number of rotatable bonds is 12. The van der Waals surface area contributed by atoms with Gasteiger partial charge in [-0.2, -0.15) is 0 Å². The highest BCUT2D eigenvalue weighted by atomic mass is 35.5.